The smallest absolute Gasteiger partial charge is 0.250 e. The fourth-order valence-electron chi connectivity index (χ4n) is 3.10. The molecule has 0 unspecified atom stereocenters. The Hall–Kier alpha value is -2.45. The van der Waals surface area contributed by atoms with E-state index in [1.165, 1.54) is 17.3 Å². The standard InChI is InChI=1S/C24H28BrN5OS/c1-6-30-22(17-10-12-19(13-11-17)24(3,4)5)28-29-23(30)32-15-21(31)27-26-16(2)18-8-7-9-20(25)14-18/h7-14H,6,15H2,1-5H3,(H,27,31)/b26-16-. The summed E-state index contributed by atoms with van der Waals surface area (Å²) in [6.45, 7) is 11.2. The first-order valence-corrected chi connectivity index (χ1v) is 12.2. The maximum absolute atomic E-state index is 12.3. The number of thioether (sulfide) groups is 1. The summed E-state index contributed by atoms with van der Waals surface area (Å²) in [5, 5.41) is 13.6. The molecule has 6 nitrogen and oxygen atoms in total. The van der Waals surface area contributed by atoms with Gasteiger partial charge in [-0.05, 0) is 42.5 Å². The van der Waals surface area contributed by atoms with E-state index in [9.17, 15) is 4.79 Å². The normalized spacial score (nSPS) is 12.1. The van der Waals surface area contributed by atoms with Crippen LogP contribution >= 0.6 is 27.7 Å². The second-order valence-electron chi connectivity index (χ2n) is 8.41. The molecule has 1 N–H and O–H groups in total. The minimum Gasteiger partial charge on any atom is -0.302 e. The van der Waals surface area contributed by atoms with Gasteiger partial charge in [0.2, 0.25) is 0 Å². The highest BCUT2D eigenvalue weighted by atomic mass is 79.9. The quantitative estimate of drug-likeness (QED) is 0.251. The lowest BCUT2D eigenvalue weighted by Gasteiger charge is -2.19. The van der Waals surface area contributed by atoms with Crippen LogP contribution in [-0.4, -0.2) is 32.1 Å². The molecule has 1 amide bonds. The monoisotopic (exact) mass is 513 g/mol. The number of carbonyl (C=O) groups is 1. The molecule has 0 atom stereocenters. The van der Waals surface area contributed by atoms with Crippen LogP contribution in [0.4, 0.5) is 0 Å². The van der Waals surface area contributed by atoms with Gasteiger partial charge in [0.25, 0.3) is 5.91 Å². The maximum Gasteiger partial charge on any atom is 0.250 e. The highest BCUT2D eigenvalue weighted by Crippen LogP contribution is 2.27. The second kappa shape index (κ2) is 10.4. The molecule has 0 aliphatic carbocycles. The fourth-order valence-corrected chi connectivity index (χ4v) is 4.29. The third kappa shape index (κ3) is 6.07. The molecule has 8 heteroatoms. The van der Waals surface area contributed by atoms with E-state index in [0.717, 1.165) is 27.1 Å². The SMILES string of the molecule is CCn1c(SCC(=O)N/N=C(/C)c2cccc(Br)c2)nnc1-c1ccc(C(C)(C)C)cc1. The van der Waals surface area contributed by atoms with Crippen molar-refractivity contribution >= 4 is 39.3 Å². The van der Waals surface area contributed by atoms with Crippen molar-refractivity contribution < 1.29 is 4.79 Å². The fraction of sp³-hybridized carbons (Fsp3) is 0.333. The first-order chi connectivity index (χ1) is 15.2. The van der Waals surface area contributed by atoms with E-state index in [-0.39, 0.29) is 17.1 Å². The predicted molar refractivity (Wildman–Crippen MR) is 135 cm³/mol. The van der Waals surface area contributed by atoms with Crippen LogP contribution < -0.4 is 5.43 Å². The summed E-state index contributed by atoms with van der Waals surface area (Å²) in [5.74, 6) is 0.821. The van der Waals surface area contributed by atoms with E-state index < -0.39 is 0 Å². The highest BCUT2D eigenvalue weighted by molar-refractivity contribution is 9.10. The van der Waals surface area contributed by atoms with E-state index >= 15 is 0 Å². The highest BCUT2D eigenvalue weighted by Gasteiger charge is 2.17. The van der Waals surface area contributed by atoms with Gasteiger partial charge in [0.05, 0.1) is 11.5 Å². The van der Waals surface area contributed by atoms with Gasteiger partial charge >= 0.3 is 0 Å². The van der Waals surface area contributed by atoms with Crippen molar-refractivity contribution in [2.75, 3.05) is 5.75 Å². The first kappa shape index (κ1) is 24.2. The van der Waals surface area contributed by atoms with Crippen molar-refractivity contribution in [1.29, 1.82) is 0 Å². The van der Waals surface area contributed by atoms with Crippen LogP contribution in [0.5, 0.6) is 0 Å². The molecule has 3 rings (SSSR count). The summed E-state index contributed by atoms with van der Waals surface area (Å²) in [6.07, 6.45) is 0. The molecule has 32 heavy (non-hydrogen) atoms. The van der Waals surface area contributed by atoms with Gasteiger partial charge in [-0.2, -0.15) is 5.10 Å². The Morgan fingerprint density at radius 2 is 1.88 bits per heavy atom. The van der Waals surface area contributed by atoms with Crippen molar-refractivity contribution in [3.05, 3.63) is 64.1 Å². The number of hydrazone groups is 1. The van der Waals surface area contributed by atoms with Crippen molar-refractivity contribution in [3.63, 3.8) is 0 Å². The largest absolute Gasteiger partial charge is 0.302 e. The van der Waals surface area contributed by atoms with Crippen LogP contribution in [0.15, 0.2) is 63.3 Å². The number of nitrogens with one attached hydrogen (secondary N) is 1. The van der Waals surface area contributed by atoms with Crippen LogP contribution in [0.1, 0.15) is 45.7 Å². The number of halogens is 1. The second-order valence-corrected chi connectivity index (χ2v) is 10.3. The summed E-state index contributed by atoms with van der Waals surface area (Å²) in [6, 6.07) is 16.2. The van der Waals surface area contributed by atoms with Crippen LogP contribution in [0, 0.1) is 0 Å². The molecule has 1 heterocycles. The molecule has 1 aromatic heterocycles. The lowest BCUT2D eigenvalue weighted by Crippen LogP contribution is -2.21. The van der Waals surface area contributed by atoms with Crippen molar-refractivity contribution in [2.45, 2.75) is 51.7 Å². The van der Waals surface area contributed by atoms with E-state index in [2.05, 4.69) is 81.7 Å². The molecule has 0 aliphatic rings. The Kier molecular flexibility index (Phi) is 7.90. The van der Waals surface area contributed by atoms with E-state index in [4.69, 9.17) is 0 Å². The van der Waals surface area contributed by atoms with Crippen molar-refractivity contribution in [2.24, 2.45) is 5.10 Å². The topological polar surface area (TPSA) is 72.2 Å². The zero-order chi connectivity index (χ0) is 23.3. The van der Waals surface area contributed by atoms with E-state index in [1.807, 2.05) is 42.7 Å². The zero-order valence-corrected chi connectivity index (χ0v) is 21.4. The Labute approximate surface area is 202 Å². The first-order valence-electron chi connectivity index (χ1n) is 10.4. The van der Waals surface area contributed by atoms with Crippen molar-refractivity contribution in [3.8, 4) is 11.4 Å². The molecule has 0 spiro atoms. The molecular formula is C24H28BrN5OS. The van der Waals surface area contributed by atoms with E-state index in [0.29, 0.717) is 11.7 Å². The average molecular weight is 514 g/mol. The lowest BCUT2D eigenvalue weighted by atomic mass is 9.87. The number of hydrogen-bond acceptors (Lipinski definition) is 5. The average Bonchev–Trinajstić information content (AvgIpc) is 3.18. The van der Waals surface area contributed by atoms with Gasteiger partial charge in [-0.25, -0.2) is 5.43 Å². The Bertz CT molecular complexity index is 1120. The third-order valence-corrected chi connectivity index (χ3v) is 6.43. The van der Waals surface area contributed by atoms with Gasteiger partial charge in [0, 0.05) is 16.6 Å². The number of rotatable bonds is 7. The van der Waals surface area contributed by atoms with Crippen LogP contribution in [-0.2, 0) is 16.8 Å². The molecule has 0 radical (unpaired) electrons. The molecule has 0 aliphatic heterocycles. The summed E-state index contributed by atoms with van der Waals surface area (Å²) < 4.78 is 2.99. The predicted octanol–water partition coefficient (Wildman–Crippen LogP) is 5.66. The number of aromatic nitrogens is 3. The van der Waals surface area contributed by atoms with Crippen molar-refractivity contribution in [1.82, 2.24) is 20.2 Å². The van der Waals surface area contributed by atoms with Gasteiger partial charge in [-0.1, -0.05) is 84.9 Å². The van der Waals surface area contributed by atoms with Gasteiger partial charge < -0.3 is 4.57 Å². The molecular weight excluding hydrogens is 486 g/mol. The van der Waals surface area contributed by atoms with E-state index in [1.54, 1.807) is 0 Å². The minimum absolute atomic E-state index is 0.100. The molecule has 2 aromatic carbocycles. The number of benzene rings is 2. The van der Waals surface area contributed by atoms with Crippen LogP contribution in [0.2, 0.25) is 0 Å². The molecule has 0 saturated carbocycles. The lowest BCUT2D eigenvalue weighted by molar-refractivity contribution is -0.118. The zero-order valence-electron chi connectivity index (χ0n) is 19.0. The molecule has 168 valence electrons. The summed E-state index contributed by atoms with van der Waals surface area (Å²) in [4.78, 5) is 12.3. The Morgan fingerprint density at radius 3 is 2.50 bits per heavy atom. The molecule has 3 aromatic rings. The Balaban J connectivity index is 1.65. The summed E-state index contributed by atoms with van der Waals surface area (Å²) in [7, 11) is 0. The maximum atomic E-state index is 12.3. The van der Waals surface area contributed by atoms with Gasteiger partial charge in [0.15, 0.2) is 11.0 Å². The van der Waals surface area contributed by atoms with Gasteiger partial charge in [0.1, 0.15) is 0 Å². The third-order valence-electron chi connectivity index (χ3n) is 4.97. The summed E-state index contributed by atoms with van der Waals surface area (Å²) >= 11 is 4.80. The number of hydrogen-bond donors (Lipinski definition) is 1. The molecule has 0 saturated heterocycles. The number of carbonyl (C=O) groups excluding carboxylic acids is 1. The van der Waals surface area contributed by atoms with Crippen LogP contribution in [0.3, 0.4) is 0 Å². The Morgan fingerprint density at radius 1 is 1.16 bits per heavy atom. The van der Waals surface area contributed by atoms with Gasteiger partial charge in [-0.3, -0.25) is 4.79 Å². The van der Waals surface area contributed by atoms with Gasteiger partial charge in [-0.15, -0.1) is 10.2 Å². The molecule has 0 fully saturated rings. The number of amides is 1. The van der Waals surface area contributed by atoms with Crippen LogP contribution in [0.25, 0.3) is 11.4 Å². The molecule has 0 bridgehead atoms. The minimum atomic E-state index is -0.189. The summed E-state index contributed by atoms with van der Waals surface area (Å²) in [5.41, 5.74) is 6.69. The number of nitrogens with zero attached hydrogens (tertiary/aromatic N) is 4.